The molecule has 1 aliphatic carbocycles. The molecule has 0 saturated heterocycles. The predicted molar refractivity (Wildman–Crippen MR) is 61.6 cm³/mol. The van der Waals surface area contributed by atoms with Gasteiger partial charge in [-0.25, -0.2) is 0 Å². The zero-order chi connectivity index (χ0) is 12.6. The Balaban J connectivity index is 0. The Bertz CT molecular complexity index is 145. The van der Waals surface area contributed by atoms with E-state index in [9.17, 15) is 10.2 Å². The van der Waals surface area contributed by atoms with Gasteiger partial charge in [0.25, 0.3) is 0 Å². The maximum atomic E-state index is 9.53. The van der Waals surface area contributed by atoms with Crippen molar-refractivity contribution in [3.63, 3.8) is 0 Å². The van der Waals surface area contributed by atoms with Crippen LogP contribution in [0.2, 0.25) is 4.22 Å². The van der Waals surface area contributed by atoms with E-state index in [1.165, 1.54) is 0 Å². The van der Waals surface area contributed by atoms with Crippen LogP contribution in [0.25, 0.3) is 0 Å². The Morgan fingerprint density at radius 3 is 1.38 bits per heavy atom. The molecule has 0 amide bonds. The van der Waals surface area contributed by atoms with E-state index in [2.05, 4.69) is 44.7 Å². The molecular formula is C13H23O2Ti. The van der Waals surface area contributed by atoms with Crippen LogP contribution in [0, 0.1) is 0 Å². The third-order valence-electron chi connectivity index (χ3n) is 1.74. The zero-order valence-electron chi connectivity index (χ0n) is 10.4. The third kappa shape index (κ3) is 19.7. The van der Waals surface area contributed by atoms with Gasteiger partial charge in [0, 0.05) is 0 Å². The number of rotatable bonds is 4. The molecule has 0 atom stereocenters. The van der Waals surface area contributed by atoms with Crippen molar-refractivity contribution in [1.29, 1.82) is 0 Å². The molecule has 0 heterocycles. The van der Waals surface area contributed by atoms with Crippen molar-refractivity contribution in [2.75, 3.05) is 13.2 Å². The summed E-state index contributed by atoms with van der Waals surface area (Å²) < 4.78 is 0.685. The topological polar surface area (TPSA) is 46.1 Å². The Kier molecular flexibility index (Phi) is 20.2. The van der Waals surface area contributed by atoms with E-state index in [1.54, 1.807) is 0 Å². The number of allylic oxidation sites excluding steroid dienone is 4. The van der Waals surface area contributed by atoms with Gasteiger partial charge in [-0.05, 0) is 0 Å². The molecule has 1 aliphatic rings. The molecule has 2 nitrogen and oxygen atoms in total. The van der Waals surface area contributed by atoms with E-state index in [0.29, 0.717) is 4.22 Å². The van der Waals surface area contributed by atoms with Crippen molar-refractivity contribution in [3.8, 4) is 0 Å². The Morgan fingerprint density at radius 1 is 0.938 bits per heavy atom. The van der Waals surface area contributed by atoms with Gasteiger partial charge in [-0.3, -0.25) is 0 Å². The van der Waals surface area contributed by atoms with Crippen LogP contribution in [0.4, 0.5) is 0 Å². The van der Waals surface area contributed by atoms with Crippen LogP contribution < -0.4 is 10.2 Å². The predicted octanol–water partition coefficient (Wildman–Crippen LogP) is 1.74. The van der Waals surface area contributed by atoms with Gasteiger partial charge in [0.05, 0.1) is 0 Å². The van der Waals surface area contributed by atoms with Crippen LogP contribution in [0.5, 0.6) is 0 Å². The van der Waals surface area contributed by atoms with Gasteiger partial charge in [-0.2, -0.15) is 0 Å². The summed E-state index contributed by atoms with van der Waals surface area (Å²) in [4.78, 5) is 0. The molecule has 0 aromatic heterocycles. The molecule has 0 bridgehead atoms. The second-order valence-electron chi connectivity index (χ2n) is 3.41. The maximum absolute atomic E-state index is 9.53. The monoisotopic (exact) mass is 259 g/mol. The molecule has 1 rings (SSSR count). The van der Waals surface area contributed by atoms with Gasteiger partial charge >= 0.3 is 49.0 Å². The van der Waals surface area contributed by atoms with E-state index >= 15 is 0 Å². The molecule has 16 heavy (non-hydrogen) atoms. The molecule has 3 heteroatoms. The quantitative estimate of drug-likeness (QED) is 0.722. The summed E-state index contributed by atoms with van der Waals surface area (Å²) in [5.74, 6) is 0. The van der Waals surface area contributed by atoms with E-state index in [1.807, 2.05) is 13.8 Å². The first-order valence-corrected chi connectivity index (χ1v) is 6.85. The van der Waals surface area contributed by atoms with Crippen molar-refractivity contribution >= 4 is 0 Å². The van der Waals surface area contributed by atoms with Gasteiger partial charge in [-0.15, -0.1) is 13.2 Å². The minimum atomic E-state index is 0.0938. The van der Waals surface area contributed by atoms with Crippen LogP contribution in [0.1, 0.15) is 39.5 Å². The molecular weight excluding hydrogens is 236 g/mol. The fraction of sp³-hybridized carbons (Fsp3) is 0.692. The first-order chi connectivity index (χ1) is 7.72. The number of hydrogen-bond acceptors (Lipinski definition) is 2. The zero-order valence-corrected chi connectivity index (χ0v) is 12.0. The molecule has 0 spiro atoms. The standard InChI is InChI=1S/C5H5.2C4H9O.Ti/c1-2-4-5-3-1;2*1-2-3-4-5;/h1-5H;2*2-4H2,1H3;/q;2*-1;+2. The van der Waals surface area contributed by atoms with Gasteiger partial charge in [-0.1, -0.05) is 39.5 Å². The number of unbranched alkanes of at least 4 members (excludes halogenated alkanes) is 2. The summed E-state index contributed by atoms with van der Waals surface area (Å²) in [6.45, 7) is 4.21. The molecule has 0 aromatic rings. The fourth-order valence-electron chi connectivity index (χ4n) is 0.721. The average molecular weight is 259 g/mol. The Hall–Kier alpha value is 0.114. The molecule has 0 fully saturated rings. The van der Waals surface area contributed by atoms with Gasteiger partial charge < -0.3 is 10.2 Å². The Morgan fingerprint density at radius 2 is 1.31 bits per heavy atom. The Labute approximate surface area is 112 Å². The van der Waals surface area contributed by atoms with Crippen LogP contribution in [0.15, 0.2) is 24.3 Å². The first-order valence-electron chi connectivity index (χ1n) is 5.95. The van der Waals surface area contributed by atoms with Crippen molar-refractivity contribution < 1.29 is 30.6 Å². The van der Waals surface area contributed by atoms with E-state index in [0.717, 1.165) is 25.7 Å². The van der Waals surface area contributed by atoms with E-state index in [4.69, 9.17) is 0 Å². The second kappa shape index (κ2) is 17.5. The van der Waals surface area contributed by atoms with Crippen molar-refractivity contribution in [3.05, 3.63) is 24.3 Å². The van der Waals surface area contributed by atoms with Crippen molar-refractivity contribution in [2.24, 2.45) is 0 Å². The molecule has 0 radical (unpaired) electrons. The second-order valence-corrected chi connectivity index (χ2v) is 4.45. The molecule has 91 valence electrons. The summed E-state index contributed by atoms with van der Waals surface area (Å²) in [6, 6.07) is 0. The minimum absolute atomic E-state index is 0.0938. The molecule has 0 unspecified atom stereocenters. The van der Waals surface area contributed by atoms with Crippen molar-refractivity contribution in [1.82, 2.24) is 0 Å². The average Bonchev–Trinajstić information content (AvgIpc) is 2.73. The number of hydrogen-bond donors (Lipinski definition) is 0. The van der Waals surface area contributed by atoms with E-state index < -0.39 is 0 Å². The first kappa shape index (κ1) is 18.5. The van der Waals surface area contributed by atoms with E-state index in [-0.39, 0.29) is 13.2 Å². The third-order valence-corrected chi connectivity index (χ3v) is 2.34. The van der Waals surface area contributed by atoms with Gasteiger partial charge in [0.2, 0.25) is 0 Å². The fourth-order valence-corrected chi connectivity index (χ4v) is 1.07. The molecule has 0 aliphatic heterocycles. The van der Waals surface area contributed by atoms with Gasteiger partial charge in [0.1, 0.15) is 0 Å². The summed E-state index contributed by atoms with van der Waals surface area (Å²) >= 11 is 2.17. The SMILES string of the molecule is CCCC[O-].CCCC[O-].[Ti+2][CH]1C=CC=C1. The van der Waals surface area contributed by atoms with Crippen molar-refractivity contribution in [2.45, 2.75) is 43.8 Å². The van der Waals surface area contributed by atoms with Gasteiger partial charge in [0.15, 0.2) is 0 Å². The molecule has 0 aromatic carbocycles. The summed E-state index contributed by atoms with van der Waals surface area (Å²) in [5.41, 5.74) is 0. The normalized spacial score (nSPS) is 12.9. The summed E-state index contributed by atoms with van der Waals surface area (Å²) in [5, 5.41) is 19.1. The molecule has 0 saturated carbocycles. The summed E-state index contributed by atoms with van der Waals surface area (Å²) in [6.07, 6.45) is 12.2. The summed E-state index contributed by atoms with van der Waals surface area (Å²) in [7, 11) is 0. The van der Waals surface area contributed by atoms with Crippen LogP contribution >= 0.6 is 0 Å². The van der Waals surface area contributed by atoms with Crippen LogP contribution in [-0.4, -0.2) is 13.2 Å². The molecule has 0 N–H and O–H groups in total. The van der Waals surface area contributed by atoms with Crippen LogP contribution in [-0.2, 0) is 20.4 Å². The van der Waals surface area contributed by atoms with Crippen LogP contribution in [0.3, 0.4) is 0 Å².